The van der Waals surface area contributed by atoms with E-state index in [1.165, 1.54) is 33.7 Å². The van der Waals surface area contributed by atoms with Gasteiger partial charge in [-0.2, -0.15) is 0 Å². The molecule has 142 valence electrons. The van der Waals surface area contributed by atoms with Crippen LogP contribution in [0, 0.1) is 13.8 Å². The zero-order chi connectivity index (χ0) is 19.6. The summed E-state index contributed by atoms with van der Waals surface area (Å²) < 4.78 is 0. The number of aryl methyl sites for hydroxylation is 2. The lowest BCUT2D eigenvalue weighted by atomic mass is 10.0. The molecule has 3 rings (SSSR count). The number of hydrogen-bond donors (Lipinski definition) is 1. The van der Waals surface area contributed by atoms with E-state index < -0.39 is 5.97 Å². The Hall–Kier alpha value is -2.66. The van der Waals surface area contributed by atoms with Crippen LogP contribution in [0.25, 0.3) is 0 Å². The van der Waals surface area contributed by atoms with Crippen molar-refractivity contribution in [2.75, 3.05) is 26.2 Å². The summed E-state index contributed by atoms with van der Waals surface area (Å²) in [6, 6.07) is 13.0. The predicted octanol–water partition coefficient (Wildman–Crippen LogP) is 0.769. The van der Waals surface area contributed by atoms with Gasteiger partial charge >= 0.3 is 0 Å². The fourth-order valence-electron chi connectivity index (χ4n) is 3.63. The SMILES string of the molecule is Cc1ccc([C@@H](C)[NH+]2CCN(C(=O)c3ccc(C(=O)[O-])cc3)CC2)cc1C. The maximum absolute atomic E-state index is 12.7. The van der Waals surface area contributed by atoms with Crippen LogP contribution in [-0.4, -0.2) is 43.0 Å². The molecule has 0 bridgehead atoms. The highest BCUT2D eigenvalue weighted by Crippen LogP contribution is 2.15. The van der Waals surface area contributed by atoms with Gasteiger partial charge in [-0.3, -0.25) is 4.79 Å². The zero-order valence-electron chi connectivity index (χ0n) is 16.1. The average Bonchev–Trinajstić information content (AvgIpc) is 2.69. The van der Waals surface area contributed by atoms with Crippen molar-refractivity contribution < 1.29 is 19.6 Å². The van der Waals surface area contributed by atoms with Crippen molar-refractivity contribution in [2.24, 2.45) is 0 Å². The van der Waals surface area contributed by atoms with E-state index in [0.717, 1.165) is 13.1 Å². The second-order valence-corrected chi connectivity index (χ2v) is 7.38. The molecule has 1 saturated heterocycles. The third kappa shape index (κ3) is 4.19. The largest absolute Gasteiger partial charge is 0.545 e. The Morgan fingerprint density at radius 3 is 2.11 bits per heavy atom. The van der Waals surface area contributed by atoms with Crippen molar-refractivity contribution in [3.05, 3.63) is 70.3 Å². The minimum absolute atomic E-state index is 0.0437. The van der Waals surface area contributed by atoms with E-state index in [2.05, 4.69) is 39.0 Å². The van der Waals surface area contributed by atoms with Crippen LogP contribution in [0.15, 0.2) is 42.5 Å². The van der Waals surface area contributed by atoms with Crippen LogP contribution in [0.5, 0.6) is 0 Å². The van der Waals surface area contributed by atoms with Gasteiger partial charge in [0.15, 0.2) is 0 Å². The van der Waals surface area contributed by atoms with Gasteiger partial charge in [-0.05, 0) is 55.7 Å². The molecule has 1 atom stereocenters. The van der Waals surface area contributed by atoms with Crippen molar-refractivity contribution in [3.63, 3.8) is 0 Å². The number of benzene rings is 2. The maximum Gasteiger partial charge on any atom is 0.254 e. The number of carbonyl (C=O) groups excluding carboxylic acids is 2. The van der Waals surface area contributed by atoms with E-state index in [4.69, 9.17) is 0 Å². The molecule has 5 nitrogen and oxygen atoms in total. The highest BCUT2D eigenvalue weighted by molar-refractivity contribution is 5.95. The number of rotatable bonds is 4. The van der Waals surface area contributed by atoms with Gasteiger partial charge in [0.1, 0.15) is 6.04 Å². The lowest BCUT2D eigenvalue weighted by Gasteiger charge is -2.35. The summed E-state index contributed by atoms with van der Waals surface area (Å²) in [7, 11) is 0. The molecule has 0 aromatic heterocycles. The third-order valence-electron chi connectivity index (χ3n) is 5.70. The quantitative estimate of drug-likeness (QED) is 0.869. The summed E-state index contributed by atoms with van der Waals surface area (Å²) in [6.07, 6.45) is 0. The molecule has 1 heterocycles. The molecule has 2 aromatic carbocycles. The Bertz CT molecular complexity index is 837. The highest BCUT2D eigenvalue weighted by Gasteiger charge is 2.28. The number of nitrogens with zero attached hydrogens (tertiary/aromatic N) is 1. The van der Waals surface area contributed by atoms with E-state index in [1.807, 2.05) is 4.90 Å². The molecule has 0 radical (unpaired) electrons. The van der Waals surface area contributed by atoms with E-state index >= 15 is 0 Å². The van der Waals surface area contributed by atoms with Crippen LogP contribution in [0.2, 0.25) is 0 Å². The molecule has 1 aliphatic heterocycles. The van der Waals surface area contributed by atoms with Gasteiger partial charge in [-0.25, -0.2) is 0 Å². The van der Waals surface area contributed by atoms with Gasteiger partial charge in [-0.15, -0.1) is 0 Å². The normalized spacial score (nSPS) is 16.2. The summed E-state index contributed by atoms with van der Waals surface area (Å²) in [5.74, 6) is -1.27. The van der Waals surface area contributed by atoms with Crippen LogP contribution < -0.4 is 10.0 Å². The standard InChI is InChI=1S/C22H26N2O3/c1-15-4-5-20(14-16(15)2)17(3)23-10-12-24(13-11-23)21(25)18-6-8-19(9-7-18)22(26)27/h4-9,14,17H,10-13H2,1-3H3,(H,26,27)/t17-/m1/s1. The number of amides is 1. The summed E-state index contributed by atoms with van der Waals surface area (Å²) in [6.45, 7) is 9.71. The van der Waals surface area contributed by atoms with Crippen molar-refractivity contribution in [2.45, 2.75) is 26.8 Å². The fourth-order valence-corrected chi connectivity index (χ4v) is 3.63. The average molecular weight is 366 g/mol. The van der Waals surface area contributed by atoms with Gasteiger partial charge in [0.05, 0.1) is 32.1 Å². The third-order valence-corrected chi connectivity index (χ3v) is 5.70. The minimum Gasteiger partial charge on any atom is -0.545 e. The lowest BCUT2D eigenvalue weighted by Crippen LogP contribution is -3.14. The molecular formula is C22H26N2O3. The number of quaternary nitrogens is 1. The Kier molecular flexibility index (Phi) is 5.61. The van der Waals surface area contributed by atoms with E-state index in [-0.39, 0.29) is 11.5 Å². The number of carboxylic acid groups (broad SMARTS) is 1. The molecule has 27 heavy (non-hydrogen) atoms. The fraction of sp³-hybridized carbons (Fsp3) is 0.364. The van der Waals surface area contributed by atoms with Crippen LogP contribution in [0.3, 0.4) is 0 Å². The summed E-state index contributed by atoms with van der Waals surface area (Å²) >= 11 is 0. The lowest BCUT2D eigenvalue weighted by molar-refractivity contribution is -0.933. The summed E-state index contributed by atoms with van der Waals surface area (Å²) in [4.78, 5) is 26.8. The van der Waals surface area contributed by atoms with E-state index in [1.54, 1.807) is 12.1 Å². The second-order valence-electron chi connectivity index (χ2n) is 7.38. The first-order valence-corrected chi connectivity index (χ1v) is 9.39. The molecule has 0 spiro atoms. The first-order valence-electron chi connectivity index (χ1n) is 9.39. The number of nitrogens with one attached hydrogen (secondary N) is 1. The number of carbonyl (C=O) groups is 2. The first kappa shape index (κ1) is 19.1. The van der Waals surface area contributed by atoms with Crippen LogP contribution >= 0.6 is 0 Å². The Balaban J connectivity index is 1.61. The molecule has 2 aromatic rings. The van der Waals surface area contributed by atoms with Gasteiger partial charge in [0, 0.05) is 11.1 Å². The van der Waals surface area contributed by atoms with Crippen molar-refractivity contribution in [3.8, 4) is 0 Å². The maximum atomic E-state index is 12.7. The minimum atomic E-state index is -1.23. The summed E-state index contributed by atoms with van der Waals surface area (Å²) in [5, 5.41) is 10.8. The van der Waals surface area contributed by atoms with Gasteiger partial charge in [-0.1, -0.05) is 24.3 Å². The molecule has 0 saturated carbocycles. The molecule has 1 aliphatic rings. The zero-order valence-corrected chi connectivity index (χ0v) is 16.1. The second kappa shape index (κ2) is 7.92. The monoisotopic (exact) mass is 366 g/mol. The molecule has 5 heteroatoms. The van der Waals surface area contributed by atoms with Gasteiger partial charge in [0.25, 0.3) is 5.91 Å². The van der Waals surface area contributed by atoms with Crippen LogP contribution in [0.4, 0.5) is 0 Å². The van der Waals surface area contributed by atoms with Gasteiger partial charge in [0.2, 0.25) is 0 Å². The Morgan fingerprint density at radius 2 is 1.56 bits per heavy atom. The number of piperazine rings is 1. The molecule has 1 amide bonds. The Labute approximate surface area is 160 Å². The van der Waals surface area contributed by atoms with E-state index in [9.17, 15) is 14.7 Å². The van der Waals surface area contributed by atoms with Gasteiger partial charge < -0.3 is 19.7 Å². The smallest absolute Gasteiger partial charge is 0.254 e. The molecular weight excluding hydrogens is 340 g/mol. The summed E-state index contributed by atoms with van der Waals surface area (Å²) in [5.41, 5.74) is 4.56. The molecule has 0 aliphatic carbocycles. The van der Waals surface area contributed by atoms with Crippen molar-refractivity contribution >= 4 is 11.9 Å². The van der Waals surface area contributed by atoms with Crippen LogP contribution in [-0.2, 0) is 0 Å². The topological polar surface area (TPSA) is 64.9 Å². The Morgan fingerprint density at radius 1 is 0.963 bits per heavy atom. The number of hydrogen-bond acceptors (Lipinski definition) is 3. The number of aromatic carboxylic acids is 1. The molecule has 1 fully saturated rings. The first-order chi connectivity index (χ1) is 12.9. The van der Waals surface area contributed by atoms with Crippen LogP contribution in [0.1, 0.15) is 50.4 Å². The molecule has 1 N–H and O–H groups in total. The predicted molar refractivity (Wildman–Crippen MR) is 102 cm³/mol. The van der Waals surface area contributed by atoms with E-state index in [0.29, 0.717) is 24.7 Å². The van der Waals surface area contributed by atoms with Crippen molar-refractivity contribution in [1.82, 2.24) is 4.90 Å². The molecule has 0 unspecified atom stereocenters. The highest BCUT2D eigenvalue weighted by atomic mass is 16.4. The van der Waals surface area contributed by atoms with Crippen molar-refractivity contribution in [1.29, 1.82) is 0 Å². The number of carboxylic acids is 1.